The Morgan fingerprint density at radius 3 is 2.77 bits per heavy atom. The van der Waals surface area contributed by atoms with Gasteiger partial charge >= 0.3 is 28.2 Å². The number of hydrogen-bond acceptors (Lipinski definition) is 5. The average molecular weight is 386 g/mol. The highest BCUT2D eigenvalue weighted by Gasteiger charge is 2.20. The van der Waals surface area contributed by atoms with E-state index in [1.165, 1.54) is 0 Å². The van der Waals surface area contributed by atoms with Crippen molar-refractivity contribution in [1.82, 2.24) is 15.0 Å². The van der Waals surface area contributed by atoms with Gasteiger partial charge in [0.25, 0.3) is 0 Å². The molecule has 0 saturated carbocycles. The van der Waals surface area contributed by atoms with Crippen molar-refractivity contribution in [2.45, 2.75) is 24.3 Å². The normalized spacial score (nSPS) is 12.0. The fourth-order valence-electron chi connectivity index (χ4n) is 2.48. The number of H-pyrrole nitrogens is 1. The van der Waals surface area contributed by atoms with Gasteiger partial charge in [0.15, 0.2) is 5.75 Å². The van der Waals surface area contributed by atoms with Gasteiger partial charge in [0.05, 0.1) is 23.3 Å². The highest BCUT2D eigenvalue weighted by Crippen LogP contribution is 2.24. The number of fused-ring (bicyclic) bond motifs is 1. The van der Waals surface area contributed by atoms with Crippen LogP contribution < -0.4 is 4.74 Å². The molecule has 0 spiro atoms. The average Bonchev–Trinajstić information content (AvgIpc) is 3.06. The van der Waals surface area contributed by atoms with Crippen LogP contribution in [-0.4, -0.2) is 62.9 Å². The Kier molecular flexibility index (Phi) is 8.17. The molecule has 0 fully saturated rings. The maximum Gasteiger partial charge on any atom is 0.322 e. The predicted molar refractivity (Wildman–Crippen MR) is 106 cm³/mol. The fraction of sp³-hybridized carbons (Fsp3) is 0.333. The van der Waals surface area contributed by atoms with Crippen molar-refractivity contribution < 1.29 is 14.0 Å². The van der Waals surface area contributed by atoms with Crippen LogP contribution in [0.2, 0.25) is 0 Å². The third-order valence-corrected chi connectivity index (χ3v) is 5.02. The smallest absolute Gasteiger partial charge is 0.322 e. The minimum Gasteiger partial charge on any atom is -0.609 e. The zero-order valence-corrected chi connectivity index (χ0v) is 15.1. The number of hydrogen-bond donors (Lipinski definition) is 1. The summed E-state index contributed by atoms with van der Waals surface area (Å²) in [4.78, 5) is 11.9. The number of aromatic amines is 1. The zero-order chi connectivity index (χ0) is 17.6. The van der Waals surface area contributed by atoms with Crippen LogP contribution in [0.15, 0.2) is 41.7 Å². The largest absolute Gasteiger partial charge is 0.609 e. The van der Waals surface area contributed by atoms with Crippen molar-refractivity contribution >= 4 is 45.3 Å². The zero-order valence-electron chi connectivity index (χ0n) is 14.3. The molecule has 0 radical (unpaired) electrons. The summed E-state index contributed by atoms with van der Waals surface area (Å²) in [5.41, 5.74) is 3.35. The fourth-order valence-corrected chi connectivity index (χ4v) is 3.58. The lowest BCUT2D eigenvalue weighted by molar-refractivity contribution is 0.172. The second-order valence-electron chi connectivity index (χ2n) is 5.62. The molecular weight excluding hydrogens is 363 g/mol. The first-order valence-corrected chi connectivity index (χ1v) is 9.40. The number of nitrogens with zero attached hydrogens (tertiary/aromatic N) is 2. The predicted octanol–water partition coefficient (Wildman–Crippen LogP) is 2.07. The molecular formula is C18H23MgN3O3S. The Bertz CT molecular complexity index is 810. The molecule has 1 unspecified atom stereocenters. The quantitative estimate of drug-likeness (QED) is 0.364. The van der Waals surface area contributed by atoms with E-state index in [2.05, 4.69) is 15.0 Å². The van der Waals surface area contributed by atoms with Crippen molar-refractivity contribution in [1.29, 1.82) is 0 Å². The van der Waals surface area contributed by atoms with E-state index in [4.69, 9.17) is 9.47 Å². The Hall–Kier alpha value is -1.32. The minimum absolute atomic E-state index is 0. The van der Waals surface area contributed by atoms with Gasteiger partial charge in [0, 0.05) is 43.1 Å². The van der Waals surface area contributed by atoms with Crippen LogP contribution in [0.5, 0.6) is 5.75 Å². The molecule has 2 aromatic heterocycles. The summed E-state index contributed by atoms with van der Waals surface area (Å²) in [7, 11) is 1.67. The Labute approximate surface area is 172 Å². The standard InChI is InChI=1S/C18H21N3O3S.Mg.2H/c1-13-16(19-9-8-17(13)24-11-5-10-23-2)12-25(22)18-20-14-6-3-4-7-15(14)21-18;;;/h3-4,6-9H,5,10-12H2,1-2H3,(H,20,21);;;. The first-order valence-electron chi connectivity index (χ1n) is 8.08. The van der Waals surface area contributed by atoms with Crippen LogP contribution in [0.1, 0.15) is 17.7 Å². The first kappa shape index (κ1) is 21.0. The number of rotatable bonds is 8. The lowest BCUT2D eigenvalue weighted by Gasteiger charge is -2.12. The molecule has 3 aromatic rings. The lowest BCUT2D eigenvalue weighted by Crippen LogP contribution is -2.10. The van der Waals surface area contributed by atoms with E-state index >= 15 is 0 Å². The molecule has 3 rings (SSSR count). The van der Waals surface area contributed by atoms with Crippen molar-refractivity contribution in [2.75, 3.05) is 20.3 Å². The maximum absolute atomic E-state index is 12.7. The molecule has 1 aromatic carbocycles. The number of ether oxygens (including phenoxy) is 2. The summed E-state index contributed by atoms with van der Waals surface area (Å²) >= 11 is -1.30. The van der Waals surface area contributed by atoms with Crippen molar-refractivity contribution in [3.05, 3.63) is 47.8 Å². The summed E-state index contributed by atoms with van der Waals surface area (Å²) in [6.45, 7) is 3.17. The van der Waals surface area contributed by atoms with Crippen LogP contribution >= 0.6 is 0 Å². The van der Waals surface area contributed by atoms with Gasteiger partial charge < -0.3 is 14.0 Å². The highest BCUT2D eigenvalue weighted by atomic mass is 32.2. The third kappa shape index (κ3) is 5.11. The van der Waals surface area contributed by atoms with Gasteiger partial charge in [0.2, 0.25) is 0 Å². The van der Waals surface area contributed by atoms with Crippen molar-refractivity contribution in [3.63, 3.8) is 0 Å². The molecule has 0 aliphatic rings. The topological polar surface area (TPSA) is 83.1 Å². The Balaban J connectivity index is 0.00000243. The molecule has 1 atom stereocenters. The molecule has 0 amide bonds. The number of imidazole rings is 1. The van der Waals surface area contributed by atoms with Crippen LogP contribution in [-0.2, 0) is 21.7 Å². The summed E-state index contributed by atoms with van der Waals surface area (Å²) in [5.74, 6) is 1.06. The molecule has 26 heavy (non-hydrogen) atoms. The second kappa shape index (κ2) is 10.1. The molecule has 0 aliphatic carbocycles. The van der Waals surface area contributed by atoms with Gasteiger partial charge in [0.1, 0.15) is 5.75 Å². The molecule has 136 valence electrons. The monoisotopic (exact) mass is 385 g/mol. The van der Waals surface area contributed by atoms with Gasteiger partial charge in [-0.05, 0) is 25.1 Å². The van der Waals surface area contributed by atoms with E-state index < -0.39 is 11.2 Å². The first-order chi connectivity index (χ1) is 12.2. The van der Waals surface area contributed by atoms with Gasteiger partial charge in [-0.2, -0.15) is 4.98 Å². The van der Waals surface area contributed by atoms with Crippen LogP contribution in [0.25, 0.3) is 11.0 Å². The van der Waals surface area contributed by atoms with Gasteiger partial charge in [-0.15, -0.1) is 0 Å². The van der Waals surface area contributed by atoms with E-state index in [0.29, 0.717) is 24.1 Å². The maximum atomic E-state index is 12.7. The third-order valence-electron chi connectivity index (χ3n) is 3.86. The van der Waals surface area contributed by atoms with Gasteiger partial charge in [-0.25, -0.2) is 0 Å². The molecule has 8 heteroatoms. The highest BCUT2D eigenvalue weighted by molar-refractivity contribution is 7.90. The number of pyridine rings is 1. The molecule has 0 aliphatic heterocycles. The number of benzene rings is 1. The van der Waals surface area contributed by atoms with Gasteiger partial charge in [-0.3, -0.25) is 9.97 Å². The number of para-hydroxylation sites is 2. The van der Waals surface area contributed by atoms with Crippen molar-refractivity contribution in [2.24, 2.45) is 0 Å². The second-order valence-corrected chi connectivity index (χ2v) is 6.99. The molecule has 1 N–H and O–H groups in total. The number of nitrogens with one attached hydrogen (secondary N) is 1. The SMILES string of the molecule is COCCCOc1ccnc(C[S+]([O-])c2nc3ccccc3[nH]2)c1C.[MgH2]. The lowest BCUT2D eigenvalue weighted by atomic mass is 10.2. The van der Waals surface area contributed by atoms with Gasteiger partial charge in [-0.1, -0.05) is 12.1 Å². The summed E-state index contributed by atoms with van der Waals surface area (Å²) in [6.07, 6.45) is 2.50. The Morgan fingerprint density at radius 1 is 1.19 bits per heavy atom. The Morgan fingerprint density at radius 2 is 2.00 bits per heavy atom. The van der Waals surface area contributed by atoms with E-state index in [0.717, 1.165) is 34.5 Å². The number of aromatic nitrogens is 3. The van der Waals surface area contributed by atoms with Crippen LogP contribution in [0.3, 0.4) is 0 Å². The summed E-state index contributed by atoms with van der Waals surface area (Å²) in [6, 6.07) is 9.47. The van der Waals surface area contributed by atoms with E-state index in [1.807, 2.05) is 37.3 Å². The van der Waals surface area contributed by atoms with E-state index in [9.17, 15) is 4.55 Å². The minimum atomic E-state index is -1.30. The summed E-state index contributed by atoms with van der Waals surface area (Å²) in [5, 5.41) is 0.466. The van der Waals surface area contributed by atoms with Crippen LogP contribution in [0, 0.1) is 6.92 Å². The van der Waals surface area contributed by atoms with Crippen molar-refractivity contribution in [3.8, 4) is 5.75 Å². The van der Waals surface area contributed by atoms with E-state index in [-0.39, 0.29) is 23.1 Å². The molecule has 2 heterocycles. The molecule has 6 nitrogen and oxygen atoms in total. The number of methoxy groups -OCH3 is 1. The van der Waals surface area contributed by atoms with Crippen LogP contribution in [0.4, 0.5) is 0 Å². The molecule has 0 saturated heterocycles. The van der Waals surface area contributed by atoms with E-state index in [1.54, 1.807) is 13.3 Å². The molecule has 0 bridgehead atoms. The summed E-state index contributed by atoms with van der Waals surface area (Å²) < 4.78 is 23.5.